The lowest BCUT2D eigenvalue weighted by atomic mass is 10.0. The van der Waals surface area contributed by atoms with Gasteiger partial charge in [0.2, 0.25) is 21.9 Å². The molecule has 0 aliphatic carbocycles. The highest BCUT2D eigenvalue weighted by Gasteiger charge is 2.34. The minimum absolute atomic E-state index is 0.0474. The first kappa shape index (κ1) is 29.4. The van der Waals surface area contributed by atoms with Crippen LogP contribution in [0, 0.1) is 0 Å². The van der Waals surface area contributed by atoms with Crippen LogP contribution in [-0.4, -0.2) is 98.4 Å². The standard InChI is InChI=1S/C25H34ClN7O4S2/c1-6-23(34)28-19-11-20(22(37-4)12-21(19)32-9-7-16(8-10-32)31(2)3)29-25-27-13-18(26)24(30-25)38-17-14-33(15-17)39(5,35)36/h6,11-13,16-17H,1,7-10,14-15H2,2-5H3,(H,28,34)(H,27,29,30). The molecular formula is C25H34ClN7O4S2. The molecule has 14 heteroatoms. The van der Waals surface area contributed by atoms with Crippen molar-refractivity contribution in [2.75, 3.05) is 69.2 Å². The fourth-order valence-electron chi connectivity index (χ4n) is 4.52. The van der Waals surface area contributed by atoms with E-state index in [4.69, 9.17) is 16.3 Å². The molecule has 2 N–H and O–H groups in total. The molecule has 3 heterocycles. The van der Waals surface area contributed by atoms with Crippen LogP contribution in [0.15, 0.2) is 36.0 Å². The highest BCUT2D eigenvalue weighted by atomic mass is 35.5. The molecule has 1 amide bonds. The van der Waals surface area contributed by atoms with Gasteiger partial charge >= 0.3 is 0 Å². The molecule has 11 nitrogen and oxygen atoms in total. The molecule has 0 atom stereocenters. The molecular weight excluding hydrogens is 562 g/mol. The summed E-state index contributed by atoms with van der Waals surface area (Å²) in [6.45, 7) is 6.07. The van der Waals surface area contributed by atoms with E-state index in [0.717, 1.165) is 31.6 Å². The van der Waals surface area contributed by atoms with E-state index >= 15 is 0 Å². The van der Waals surface area contributed by atoms with E-state index in [9.17, 15) is 13.2 Å². The maximum Gasteiger partial charge on any atom is 0.247 e. The van der Waals surface area contributed by atoms with Crippen LogP contribution in [0.25, 0.3) is 0 Å². The second kappa shape index (κ2) is 12.3. The minimum atomic E-state index is -3.20. The zero-order valence-corrected chi connectivity index (χ0v) is 24.9. The van der Waals surface area contributed by atoms with Crippen molar-refractivity contribution in [2.45, 2.75) is 29.2 Å². The van der Waals surface area contributed by atoms with Gasteiger partial charge in [-0.3, -0.25) is 4.79 Å². The molecule has 212 valence electrons. The van der Waals surface area contributed by atoms with Crippen molar-refractivity contribution in [3.63, 3.8) is 0 Å². The number of thioether (sulfide) groups is 1. The number of carbonyl (C=O) groups is 1. The molecule has 39 heavy (non-hydrogen) atoms. The first-order valence-corrected chi connectivity index (χ1v) is 15.6. The number of piperidine rings is 1. The van der Waals surface area contributed by atoms with Crippen LogP contribution < -0.4 is 20.3 Å². The van der Waals surface area contributed by atoms with Gasteiger partial charge in [0.15, 0.2) is 0 Å². The number of hydrogen-bond donors (Lipinski definition) is 2. The smallest absolute Gasteiger partial charge is 0.247 e. The third-order valence-electron chi connectivity index (χ3n) is 6.82. The number of halogens is 1. The van der Waals surface area contributed by atoms with E-state index in [1.807, 2.05) is 6.07 Å². The number of sulfonamides is 1. The lowest BCUT2D eigenvalue weighted by Crippen LogP contribution is -2.51. The number of benzene rings is 1. The number of rotatable bonds is 10. The molecule has 2 fully saturated rings. The SMILES string of the molecule is C=CC(=O)Nc1cc(Nc2ncc(Cl)c(SC3CN(S(C)(=O)=O)C3)n2)c(OC)cc1N1CCC(N(C)C)CC1. The lowest BCUT2D eigenvalue weighted by molar-refractivity contribution is -0.111. The molecule has 2 aliphatic rings. The summed E-state index contributed by atoms with van der Waals surface area (Å²) in [5.74, 6) is 0.535. The summed E-state index contributed by atoms with van der Waals surface area (Å²) in [4.78, 5) is 25.7. The van der Waals surface area contributed by atoms with E-state index < -0.39 is 10.0 Å². The van der Waals surface area contributed by atoms with Crippen LogP contribution in [0.5, 0.6) is 5.75 Å². The predicted octanol–water partition coefficient (Wildman–Crippen LogP) is 3.27. The number of carbonyl (C=O) groups excluding carboxylic acids is 1. The van der Waals surface area contributed by atoms with E-state index in [-0.39, 0.29) is 11.2 Å². The van der Waals surface area contributed by atoms with Crippen LogP contribution >= 0.6 is 23.4 Å². The molecule has 0 saturated carbocycles. The topological polar surface area (TPSA) is 120 Å². The largest absolute Gasteiger partial charge is 0.494 e. The molecule has 2 aromatic rings. The summed E-state index contributed by atoms with van der Waals surface area (Å²) in [6, 6.07) is 4.21. The maximum absolute atomic E-state index is 12.3. The summed E-state index contributed by atoms with van der Waals surface area (Å²) >= 11 is 7.76. The Labute approximate surface area is 239 Å². The Bertz CT molecular complexity index is 1330. The quantitative estimate of drug-likeness (QED) is 0.313. The van der Waals surface area contributed by atoms with Crippen LogP contribution in [0.2, 0.25) is 5.02 Å². The number of aromatic nitrogens is 2. The van der Waals surface area contributed by atoms with Gasteiger partial charge < -0.3 is 25.2 Å². The van der Waals surface area contributed by atoms with Crippen LogP contribution in [0.4, 0.5) is 23.0 Å². The second-order valence-corrected chi connectivity index (χ2v) is 13.4. The minimum Gasteiger partial charge on any atom is -0.494 e. The number of nitrogens with zero attached hydrogens (tertiary/aromatic N) is 5. The van der Waals surface area contributed by atoms with E-state index in [1.165, 1.54) is 34.6 Å². The van der Waals surface area contributed by atoms with Gasteiger partial charge in [-0.25, -0.2) is 18.4 Å². The van der Waals surface area contributed by atoms with Gasteiger partial charge in [-0.05, 0) is 39.1 Å². The lowest BCUT2D eigenvalue weighted by Gasteiger charge is -2.37. The first-order chi connectivity index (χ1) is 18.5. The van der Waals surface area contributed by atoms with Crippen molar-refractivity contribution in [2.24, 2.45) is 0 Å². The third kappa shape index (κ3) is 7.14. The Kier molecular flexibility index (Phi) is 9.27. The van der Waals surface area contributed by atoms with Gasteiger partial charge in [0.25, 0.3) is 0 Å². The Balaban J connectivity index is 1.57. The number of nitrogens with one attached hydrogen (secondary N) is 2. The number of ether oxygens (including phenoxy) is 1. The zero-order valence-electron chi connectivity index (χ0n) is 22.5. The number of methoxy groups -OCH3 is 1. The molecule has 0 radical (unpaired) electrons. The van der Waals surface area contributed by atoms with Crippen molar-refractivity contribution in [1.29, 1.82) is 0 Å². The van der Waals surface area contributed by atoms with Crippen molar-refractivity contribution >= 4 is 62.3 Å². The van der Waals surface area contributed by atoms with Crippen LogP contribution in [0.1, 0.15) is 12.8 Å². The second-order valence-electron chi connectivity index (χ2n) is 9.74. The van der Waals surface area contributed by atoms with E-state index in [1.54, 1.807) is 13.2 Å². The highest BCUT2D eigenvalue weighted by molar-refractivity contribution is 8.00. The van der Waals surface area contributed by atoms with Gasteiger partial charge in [0.05, 0.1) is 41.6 Å². The van der Waals surface area contributed by atoms with Crippen molar-refractivity contribution < 1.29 is 17.9 Å². The average Bonchev–Trinajstić information content (AvgIpc) is 2.87. The van der Waals surface area contributed by atoms with E-state index in [0.29, 0.717) is 52.3 Å². The van der Waals surface area contributed by atoms with Crippen molar-refractivity contribution in [1.82, 2.24) is 19.2 Å². The Morgan fingerprint density at radius 2 is 1.95 bits per heavy atom. The summed E-state index contributed by atoms with van der Waals surface area (Å²) in [5.41, 5.74) is 2.04. The first-order valence-electron chi connectivity index (χ1n) is 12.5. The van der Waals surface area contributed by atoms with Gasteiger partial charge in [-0.2, -0.15) is 4.31 Å². The van der Waals surface area contributed by atoms with E-state index in [2.05, 4.69) is 51.1 Å². The maximum atomic E-state index is 12.3. The number of hydrogen-bond acceptors (Lipinski definition) is 10. The summed E-state index contributed by atoms with van der Waals surface area (Å²) < 4.78 is 30.5. The molecule has 1 aromatic heterocycles. The summed E-state index contributed by atoms with van der Waals surface area (Å²) in [7, 11) is 2.57. The third-order valence-corrected chi connectivity index (χ3v) is 9.61. The monoisotopic (exact) mass is 595 g/mol. The fourth-order valence-corrected chi connectivity index (χ4v) is 6.97. The van der Waals surface area contributed by atoms with Gasteiger partial charge in [0, 0.05) is 43.5 Å². The molecule has 2 saturated heterocycles. The Hall–Kier alpha value is -2.58. The summed E-state index contributed by atoms with van der Waals surface area (Å²) in [6.07, 6.45) is 5.95. The van der Waals surface area contributed by atoms with Crippen LogP contribution in [-0.2, 0) is 14.8 Å². The molecule has 0 bridgehead atoms. The Morgan fingerprint density at radius 3 is 2.54 bits per heavy atom. The average molecular weight is 596 g/mol. The molecule has 1 aromatic carbocycles. The normalized spacial score (nSPS) is 17.1. The Morgan fingerprint density at radius 1 is 1.26 bits per heavy atom. The molecule has 4 rings (SSSR count). The summed E-state index contributed by atoms with van der Waals surface area (Å²) in [5, 5.41) is 7.09. The van der Waals surface area contributed by atoms with Gasteiger partial charge in [-0.1, -0.05) is 29.9 Å². The number of amides is 1. The van der Waals surface area contributed by atoms with Crippen molar-refractivity contribution in [3.05, 3.63) is 36.0 Å². The van der Waals surface area contributed by atoms with Gasteiger partial charge in [-0.15, -0.1) is 0 Å². The van der Waals surface area contributed by atoms with Crippen LogP contribution in [0.3, 0.4) is 0 Å². The zero-order chi connectivity index (χ0) is 28.3. The van der Waals surface area contributed by atoms with Crippen molar-refractivity contribution in [3.8, 4) is 5.75 Å². The highest BCUT2D eigenvalue weighted by Crippen LogP contribution is 2.40. The fraction of sp³-hybridized carbons (Fsp3) is 0.480. The molecule has 0 spiro atoms. The van der Waals surface area contributed by atoms with Gasteiger partial charge in [0.1, 0.15) is 10.8 Å². The predicted molar refractivity (Wildman–Crippen MR) is 157 cm³/mol. The molecule has 2 aliphatic heterocycles. The number of anilines is 4. The molecule has 0 unspecified atom stereocenters.